The van der Waals surface area contributed by atoms with E-state index in [1.54, 1.807) is 0 Å². The van der Waals surface area contributed by atoms with Crippen LogP contribution < -0.4 is 9.47 Å². The van der Waals surface area contributed by atoms with E-state index in [9.17, 15) is 5.11 Å². The summed E-state index contributed by atoms with van der Waals surface area (Å²) in [5.74, 6) is 0.648. The molecule has 0 amide bonds. The Balaban J connectivity index is 2.39. The third kappa shape index (κ3) is 2.79. The van der Waals surface area contributed by atoms with E-state index in [4.69, 9.17) is 14.2 Å². The van der Waals surface area contributed by atoms with Gasteiger partial charge in [0.25, 0.3) is 0 Å². The van der Waals surface area contributed by atoms with E-state index >= 15 is 0 Å². The van der Waals surface area contributed by atoms with Crippen LogP contribution in [0.2, 0.25) is 0 Å². The standard InChI is InChI=1S/C13H20N2O4/c1-12(2)8-13(16,5-6-19-12)10-11(18-4)15-9(17-3)7-14-10/h7,16H,5-6,8H2,1-4H3. The average molecular weight is 268 g/mol. The van der Waals surface area contributed by atoms with Crippen LogP contribution >= 0.6 is 0 Å². The molecule has 1 fully saturated rings. The maximum atomic E-state index is 10.9. The molecule has 0 aliphatic carbocycles. The highest BCUT2D eigenvalue weighted by molar-refractivity contribution is 5.29. The fourth-order valence-electron chi connectivity index (χ4n) is 2.46. The second kappa shape index (κ2) is 4.94. The Kier molecular flexibility index (Phi) is 3.64. The summed E-state index contributed by atoms with van der Waals surface area (Å²) in [6, 6.07) is 0. The first-order chi connectivity index (χ1) is 8.90. The second-order valence-corrected chi connectivity index (χ2v) is 5.34. The van der Waals surface area contributed by atoms with Crippen molar-refractivity contribution in [1.82, 2.24) is 9.97 Å². The van der Waals surface area contributed by atoms with Crippen molar-refractivity contribution in [3.8, 4) is 11.8 Å². The second-order valence-electron chi connectivity index (χ2n) is 5.34. The normalized spacial score (nSPS) is 25.9. The molecule has 1 aromatic heterocycles. The summed E-state index contributed by atoms with van der Waals surface area (Å²) in [4.78, 5) is 8.43. The van der Waals surface area contributed by atoms with Crippen LogP contribution in [0.3, 0.4) is 0 Å². The Labute approximate surface area is 112 Å². The van der Waals surface area contributed by atoms with Gasteiger partial charge in [0, 0.05) is 12.8 Å². The van der Waals surface area contributed by atoms with Crippen LogP contribution in [-0.2, 0) is 10.3 Å². The lowest BCUT2D eigenvalue weighted by molar-refractivity contribution is -0.150. The molecule has 1 atom stereocenters. The van der Waals surface area contributed by atoms with Crippen molar-refractivity contribution in [2.24, 2.45) is 0 Å². The van der Waals surface area contributed by atoms with Crippen LogP contribution in [0.15, 0.2) is 6.20 Å². The van der Waals surface area contributed by atoms with Crippen molar-refractivity contribution < 1.29 is 19.3 Å². The van der Waals surface area contributed by atoms with Crippen LogP contribution in [-0.4, -0.2) is 41.5 Å². The van der Waals surface area contributed by atoms with Gasteiger partial charge in [-0.15, -0.1) is 0 Å². The Hall–Kier alpha value is -1.40. The lowest BCUT2D eigenvalue weighted by Gasteiger charge is -2.41. The Bertz CT molecular complexity index is 464. The summed E-state index contributed by atoms with van der Waals surface area (Å²) in [5, 5.41) is 10.9. The van der Waals surface area contributed by atoms with Gasteiger partial charge >= 0.3 is 0 Å². The molecular weight excluding hydrogens is 248 g/mol. The first-order valence-corrected chi connectivity index (χ1v) is 6.22. The Morgan fingerprint density at radius 3 is 2.63 bits per heavy atom. The molecule has 0 radical (unpaired) electrons. The smallest absolute Gasteiger partial charge is 0.241 e. The first kappa shape index (κ1) is 14.0. The highest BCUT2D eigenvalue weighted by atomic mass is 16.5. The number of rotatable bonds is 3. The number of aliphatic hydroxyl groups is 1. The summed E-state index contributed by atoms with van der Waals surface area (Å²) in [6.45, 7) is 4.36. The van der Waals surface area contributed by atoms with E-state index in [2.05, 4.69) is 9.97 Å². The zero-order chi connectivity index (χ0) is 14.1. The van der Waals surface area contributed by atoms with Gasteiger partial charge in [-0.2, -0.15) is 4.98 Å². The molecular formula is C13H20N2O4. The fourth-order valence-corrected chi connectivity index (χ4v) is 2.46. The number of aromatic nitrogens is 2. The number of hydrogen-bond donors (Lipinski definition) is 1. The summed E-state index contributed by atoms with van der Waals surface area (Å²) in [7, 11) is 3.01. The molecule has 106 valence electrons. The van der Waals surface area contributed by atoms with Crippen LogP contribution in [0.4, 0.5) is 0 Å². The van der Waals surface area contributed by atoms with Crippen molar-refractivity contribution in [3.63, 3.8) is 0 Å². The van der Waals surface area contributed by atoms with E-state index in [0.29, 0.717) is 36.9 Å². The van der Waals surface area contributed by atoms with Crippen molar-refractivity contribution >= 4 is 0 Å². The van der Waals surface area contributed by atoms with Gasteiger partial charge < -0.3 is 19.3 Å². The van der Waals surface area contributed by atoms with Crippen molar-refractivity contribution in [2.75, 3.05) is 20.8 Å². The largest absolute Gasteiger partial charge is 0.480 e. The highest BCUT2D eigenvalue weighted by Crippen LogP contribution is 2.41. The van der Waals surface area contributed by atoms with Gasteiger partial charge in [0.05, 0.1) is 32.6 Å². The minimum Gasteiger partial charge on any atom is -0.480 e. The molecule has 1 unspecified atom stereocenters. The quantitative estimate of drug-likeness (QED) is 0.890. The van der Waals surface area contributed by atoms with E-state index in [1.807, 2.05) is 13.8 Å². The highest BCUT2D eigenvalue weighted by Gasteiger charge is 2.44. The Morgan fingerprint density at radius 2 is 2.05 bits per heavy atom. The van der Waals surface area contributed by atoms with Gasteiger partial charge in [-0.1, -0.05) is 0 Å². The third-order valence-electron chi connectivity index (χ3n) is 3.29. The number of methoxy groups -OCH3 is 2. The minimum atomic E-state index is -1.09. The first-order valence-electron chi connectivity index (χ1n) is 6.22. The number of nitrogens with zero attached hydrogens (tertiary/aromatic N) is 2. The molecule has 2 heterocycles. The van der Waals surface area contributed by atoms with Gasteiger partial charge in [0.2, 0.25) is 11.8 Å². The summed E-state index contributed by atoms with van der Waals surface area (Å²) < 4.78 is 15.9. The maximum Gasteiger partial charge on any atom is 0.241 e. The molecule has 1 aliphatic heterocycles. The number of hydrogen-bond acceptors (Lipinski definition) is 6. The predicted octanol–water partition coefficient (Wildman–Crippen LogP) is 1.27. The molecule has 1 aromatic rings. The van der Waals surface area contributed by atoms with Crippen LogP contribution in [0.25, 0.3) is 0 Å². The predicted molar refractivity (Wildman–Crippen MR) is 68.3 cm³/mol. The van der Waals surface area contributed by atoms with Crippen LogP contribution in [0.5, 0.6) is 11.8 Å². The van der Waals surface area contributed by atoms with Gasteiger partial charge in [0.1, 0.15) is 11.3 Å². The van der Waals surface area contributed by atoms with E-state index in [0.717, 1.165) is 0 Å². The van der Waals surface area contributed by atoms with Crippen molar-refractivity contribution in [2.45, 2.75) is 37.9 Å². The molecule has 6 nitrogen and oxygen atoms in total. The zero-order valence-corrected chi connectivity index (χ0v) is 11.8. The van der Waals surface area contributed by atoms with Crippen molar-refractivity contribution in [1.29, 1.82) is 0 Å². The molecule has 0 aromatic carbocycles. The molecule has 0 saturated carbocycles. The molecule has 6 heteroatoms. The maximum absolute atomic E-state index is 10.9. The summed E-state index contributed by atoms with van der Waals surface area (Å²) in [5.41, 5.74) is -1.06. The minimum absolute atomic E-state index is 0.291. The van der Waals surface area contributed by atoms with Crippen LogP contribution in [0.1, 0.15) is 32.4 Å². The summed E-state index contributed by atoms with van der Waals surface area (Å²) >= 11 is 0. The lowest BCUT2D eigenvalue weighted by Crippen LogP contribution is -2.44. The molecule has 0 spiro atoms. The molecule has 19 heavy (non-hydrogen) atoms. The van der Waals surface area contributed by atoms with E-state index in [1.165, 1.54) is 20.4 Å². The van der Waals surface area contributed by atoms with Gasteiger partial charge in [0.15, 0.2) is 0 Å². The van der Waals surface area contributed by atoms with Gasteiger partial charge in [-0.25, -0.2) is 4.98 Å². The number of ether oxygens (including phenoxy) is 3. The molecule has 2 rings (SSSR count). The van der Waals surface area contributed by atoms with Gasteiger partial charge in [-0.05, 0) is 13.8 Å². The molecule has 0 bridgehead atoms. The lowest BCUT2D eigenvalue weighted by atomic mass is 9.82. The monoisotopic (exact) mass is 268 g/mol. The zero-order valence-electron chi connectivity index (χ0n) is 11.8. The van der Waals surface area contributed by atoms with Crippen molar-refractivity contribution in [3.05, 3.63) is 11.9 Å². The third-order valence-corrected chi connectivity index (χ3v) is 3.29. The SMILES string of the molecule is COc1cnc(C2(O)CCOC(C)(C)C2)c(OC)n1. The Morgan fingerprint density at radius 1 is 1.32 bits per heavy atom. The summed E-state index contributed by atoms with van der Waals surface area (Å²) in [6.07, 6.45) is 2.39. The van der Waals surface area contributed by atoms with E-state index in [-0.39, 0.29) is 0 Å². The molecule has 1 saturated heterocycles. The molecule has 1 N–H and O–H groups in total. The van der Waals surface area contributed by atoms with Gasteiger partial charge in [-0.3, -0.25) is 0 Å². The average Bonchev–Trinajstić information content (AvgIpc) is 2.36. The fraction of sp³-hybridized carbons (Fsp3) is 0.692. The topological polar surface area (TPSA) is 73.7 Å². The molecule has 1 aliphatic rings. The van der Waals surface area contributed by atoms with E-state index < -0.39 is 11.2 Å². The van der Waals surface area contributed by atoms with Crippen LogP contribution in [0, 0.1) is 0 Å².